The second kappa shape index (κ2) is 8.22. The summed E-state index contributed by atoms with van der Waals surface area (Å²) in [4.78, 5) is 6.77. The minimum absolute atomic E-state index is 0.785. The Morgan fingerprint density at radius 1 is 1.40 bits per heavy atom. The lowest BCUT2D eigenvalue weighted by Gasteiger charge is -2.27. The van der Waals surface area contributed by atoms with E-state index in [9.17, 15) is 0 Å². The minimum Gasteiger partial charge on any atom is -0.381 e. The van der Waals surface area contributed by atoms with Crippen molar-refractivity contribution in [1.29, 1.82) is 0 Å². The SMILES string of the molecule is CCCNc1cc(CN(C)CC2CCOCC2)ccn1. The van der Waals surface area contributed by atoms with Crippen molar-refractivity contribution < 1.29 is 4.74 Å². The second-order valence-corrected chi connectivity index (χ2v) is 5.73. The highest BCUT2D eigenvalue weighted by molar-refractivity contribution is 5.37. The summed E-state index contributed by atoms with van der Waals surface area (Å²) in [5.41, 5.74) is 1.33. The van der Waals surface area contributed by atoms with Crippen LogP contribution in [0.3, 0.4) is 0 Å². The zero-order chi connectivity index (χ0) is 14.2. The summed E-state index contributed by atoms with van der Waals surface area (Å²) >= 11 is 0. The number of hydrogen-bond donors (Lipinski definition) is 1. The molecule has 4 heteroatoms. The Kier molecular flexibility index (Phi) is 6.27. The number of nitrogens with zero attached hydrogens (tertiary/aromatic N) is 2. The van der Waals surface area contributed by atoms with E-state index in [1.807, 2.05) is 6.20 Å². The van der Waals surface area contributed by atoms with Gasteiger partial charge in [-0.15, -0.1) is 0 Å². The molecule has 1 saturated heterocycles. The highest BCUT2D eigenvalue weighted by atomic mass is 16.5. The summed E-state index contributed by atoms with van der Waals surface area (Å²) in [5, 5.41) is 3.34. The van der Waals surface area contributed by atoms with E-state index in [-0.39, 0.29) is 0 Å². The lowest BCUT2D eigenvalue weighted by molar-refractivity contribution is 0.0549. The van der Waals surface area contributed by atoms with E-state index < -0.39 is 0 Å². The van der Waals surface area contributed by atoms with Gasteiger partial charge in [-0.3, -0.25) is 0 Å². The Labute approximate surface area is 122 Å². The van der Waals surface area contributed by atoms with Crippen molar-refractivity contribution in [2.75, 3.05) is 38.7 Å². The molecule has 0 aromatic carbocycles. The zero-order valence-corrected chi connectivity index (χ0v) is 12.8. The van der Waals surface area contributed by atoms with Crippen LogP contribution in [-0.2, 0) is 11.3 Å². The average molecular weight is 277 g/mol. The van der Waals surface area contributed by atoms with E-state index >= 15 is 0 Å². The van der Waals surface area contributed by atoms with E-state index in [4.69, 9.17) is 4.74 Å². The molecule has 4 nitrogen and oxygen atoms in total. The second-order valence-electron chi connectivity index (χ2n) is 5.73. The highest BCUT2D eigenvalue weighted by Crippen LogP contribution is 2.17. The van der Waals surface area contributed by atoms with Crippen molar-refractivity contribution in [3.05, 3.63) is 23.9 Å². The van der Waals surface area contributed by atoms with Gasteiger partial charge in [0.1, 0.15) is 5.82 Å². The Morgan fingerprint density at radius 3 is 2.95 bits per heavy atom. The van der Waals surface area contributed by atoms with Crippen LogP contribution < -0.4 is 5.32 Å². The fourth-order valence-electron chi connectivity index (χ4n) is 2.67. The van der Waals surface area contributed by atoms with Gasteiger partial charge in [0.25, 0.3) is 0 Å². The Balaban J connectivity index is 1.81. The van der Waals surface area contributed by atoms with Gasteiger partial charge < -0.3 is 15.0 Å². The zero-order valence-electron chi connectivity index (χ0n) is 12.8. The molecular formula is C16H27N3O. The molecule has 2 heterocycles. The molecule has 0 spiro atoms. The number of anilines is 1. The van der Waals surface area contributed by atoms with Crippen LogP contribution in [0.5, 0.6) is 0 Å². The van der Waals surface area contributed by atoms with Crippen molar-refractivity contribution in [2.45, 2.75) is 32.7 Å². The molecule has 1 aromatic heterocycles. The first-order chi connectivity index (χ1) is 9.78. The molecule has 0 saturated carbocycles. The first kappa shape index (κ1) is 15.3. The van der Waals surface area contributed by atoms with Crippen LogP contribution in [0.25, 0.3) is 0 Å². The fourth-order valence-corrected chi connectivity index (χ4v) is 2.67. The first-order valence-electron chi connectivity index (χ1n) is 7.73. The Hall–Kier alpha value is -1.13. The predicted molar refractivity (Wildman–Crippen MR) is 82.9 cm³/mol. The molecule has 112 valence electrons. The van der Waals surface area contributed by atoms with Crippen LogP contribution in [-0.4, -0.2) is 43.2 Å². The van der Waals surface area contributed by atoms with Crippen molar-refractivity contribution in [2.24, 2.45) is 5.92 Å². The van der Waals surface area contributed by atoms with E-state index in [1.54, 1.807) is 0 Å². The van der Waals surface area contributed by atoms with Crippen molar-refractivity contribution >= 4 is 5.82 Å². The molecule has 2 rings (SSSR count). The topological polar surface area (TPSA) is 37.4 Å². The molecule has 0 aliphatic carbocycles. The summed E-state index contributed by atoms with van der Waals surface area (Å²) in [6, 6.07) is 4.27. The van der Waals surface area contributed by atoms with Gasteiger partial charge in [0.15, 0.2) is 0 Å². The quantitative estimate of drug-likeness (QED) is 0.831. The maximum atomic E-state index is 5.42. The van der Waals surface area contributed by atoms with Gasteiger partial charge in [0.2, 0.25) is 0 Å². The fraction of sp³-hybridized carbons (Fsp3) is 0.688. The van der Waals surface area contributed by atoms with Crippen LogP contribution in [0.15, 0.2) is 18.3 Å². The number of ether oxygens (including phenoxy) is 1. The first-order valence-corrected chi connectivity index (χ1v) is 7.73. The third kappa shape index (κ3) is 5.10. The van der Waals surface area contributed by atoms with Crippen molar-refractivity contribution in [3.8, 4) is 0 Å². The lowest BCUT2D eigenvalue weighted by Crippen LogP contribution is -2.29. The van der Waals surface area contributed by atoms with Crippen LogP contribution in [0.2, 0.25) is 0 Å². The van der Waals surface area contributed by atoms with E-state index in [1.165, 1.54) is 18.4 Å². The van der Waals surface area contributed by atoms with E-state index in [0.717, 1.165) is 51.0 Å². The largest absolute Gasteiger partial charge is 0.381 e. The molecule has 1 aliphatic rings. The van der Waals surface area contributed by atoms with Crippen molar-refractivity contribution in [1.82, 2.24) is 9.88 Å². The summed E-state index contributed by atoms with van der Waals surface area (Å²) in [7, 11) is 2.20. The normalized spacial score (nSPS) is 16.6. The smallest absolute Gasteiger partial charge is 0.126 e. The Bertz CT molecular complexity index is 391. The molecule has 1 aliphatic heterocycles. The van der Waals surface area contributed by atoms with E-state index in [2.05, 4.69) is 41.3 Å². The number of hydrogen-bond acceptors (Lipinski definition) is 4. The van der Waals surface area contributed by atoms with Gasteiger partial charge in [-0.05, 0) is 49.9 Å². The summed E-state index contributed by atoms with van der Waals surface area (Å²) < 4.78 is 5.42. The molecular weight excluding hydrogens is 250 g/mol. The molecule has 1 N–H and O–H groups in total. The molecule has 0 unspecified atom stereocenters. The highest BCUT2D eigenvalue weighted by Gasteiger charge is 2.15. The van der Waals surface area contributed by atoms with Crippen LogP contribution in [0.1, 0.15) is 31.7 Å². The Morgan fingerprint density at radius 2 is 2.20 bits per heavy atom. The number of pyridine rings is 1. The summed E-state index contributed by atoms with van der Waals surface area (Å²) in [6.07, 6.45) is 5.42. The van der Waals surface area contributed by atoms with Gasteiger partial charge >= 0.3 is 0 Å². The maximum Gasteiger partial charge on any atom is 0.126 e. The molecule has 0 atom stereocenters. The standard InChI is InChI=1S/C16H27N3O/c1-3-7-17-16-11-15(4-8-18-16)13-19(2)12-14-5-9-20-10-6-14/h4,8,11,14H,3,5-7,9-10,12-13H2,1-2H3,(H,17,18). The lowest BCUT2D eigenvalue weighted by atomic mass is 10.00. The van der Waals surface area contributed by atoms with Crippen LogP contribution in [0, 0.1) is 5.92 Å². The van der Waals surface area contributed by atoms with Gasteiger partial charge in [0.05, 0.1) is 0 Å². The maximum absolute atomic E-state index is 5.42. The van der Waals surface area contributed by atoms with Gasteiger partial charge in [-0.1, -0.05) is 6.92 Å². The third-order valence-electron chi connectivity index (χ3n) is 3.74. The number of nitrogens with one attached hydrogen (secondary N) is 1. The van der Waals surface area contributed by atoms with Gasteiger partial charge in [-0.25, -0.2) is 4.98 Å². The van der Waals surface area contributed by atoms with Crippen LogP contribution >= 0.6 is 0 Å². The molecule has 0 radical (unpaired) electrons. The van der Waals surface area contributed by atoms with Gasteiger partial charge in [-0.2, -0.15) is 0 Å². The summed E-state index contributed by atoms with van der Waals surface area (Å²) in [5.74, 6) is 1.78. The number of rotatable bonds is 7. The number of aromatic nitrogens is 1. The average Bonchev–Trinajstić information content (AvgIpc) is 2.46. The van der Waals surface area contributed by atoms with Crippen molar-refractivity contribution in [3.63, 3.8) is 0 Å². The molecule has 20 heavy (non-hydrogen) atoms. The molecule has 1 fully saturated rings. The molecule has 1 aromatic rings. The van der Waals surface area contributed by atoms with E-state index in [0.29, 0.717) is 0 Å². The molecule has 0 bridgehead atoms. The van der Waals surface area contributed by atoms with Gasteiger partial charge in [0, 0.05) is 39.0 Å². The molecule has 0 amide bonds. The minimum atomic E-state index is 0.785. The monoisotopic (exact) mass is 277 g/mol. The summed E-state index contributed by atoms with van der Waals surface area (Å²) in [6.45, 7) is 7.15. The van der Waals surface area contributed by atoms with Crippen LogP contribution in [0.4, 0.5) is 5.82 Å². The predicted octanol–water partition coefficient (Wildman–Crippen LogP) is 2.76. The third-order valence-corrected chi connectivity index (χ3v) is 3.74.